The van der Waals surface area contributed by atoms with Gasteiger partial charge in [0.05, 0.1) is 5.75 Å². The maximum atomic E-state index is 11.8. The number of nitrogens with zero attached hydrogens (tertiary/aromatic N) is 1. The maximum Gasteiger partial charge on any atom is 0.330 e. The second-order valence-electron chi connectivity index (χ2n) is 3.26. The molecule has 0 atom stereocenters. The fourth-order valence-corrected chi connectivity index (χ4v) is 2.32. The summed E-state index contributed by atoms with van der Waals surface area (Å²) in [5.41, 5.74) is 0.651. The highest BCUT2D eigenvalue weighted by molar-refractivity contribution is 7.88. The molecule has 0 unspecified atom stereocenters. The molecule has 88 valence electrons. The molecule has 1 aromatic rings. The van der Waals surface area contributed by atoms with E-state index in [4.69, 9.17) is 0 Å². The molecule has 0 spiro atoms. The number of sulfonamides is 1. The van der Waals surface area contributed by atoms with Crippen molar-refractivity contribution < 1.29 is 13.2 Å². The lowest BCUT2D eigenvalue weighted by atomic mass is 10.2. The third-order valence-electron chi connectivity index (χ3n) is 2.11. The van der Waals surface area contributed by atoms with Crippen molar-refractivity contribution in [2.24, 2.45) is 0 Å². The normalized spacial score (nSPS) is 10.9. The average molecular weight is 242 g/mol. The Balaban J connectivity index is 2.84. The first-order valence-electron chi connectivity index (χ1n) is 4.69. The van der Waals surface area contributed by atoms with Gasteiger partial charge in [-0.05, 0) is 5.56 Å². The molecule has 1 rings (SSSR count). The van der Waals surface area contributed by atoms with Crippen molar-refractivity contribution in [1.82, 2.24) is 9.62 Å². The minimum absolute atomic E-state index is 0.183. The number of rotatable bonds is 3. The minimum Gasteiger partial charge on any atom is -0.340 e. The van der Waals surface area contributed by atoms with Gasteiger partial charge in [0.15, 0.2) is 0 Å². The van der Waals surface area contributed by atoms with Crippen molar-refractivity contribution in [1.29, 1.82) is 0 Å². The van der Waals surface area contributed by atoms with Crippen molar-refractivity contribution in [3.8, 4) is 0 Å². The van der Waals surface area contributed by atoms with Crippen LogP contribution in [0.3, 0.4) is 0 Å². The summed E-state index contributed by atoms with van der Waals surface area (Å²) < 4.78 is 24.2. The van der Waals surface area contributed by atoms with Gasteiger partial charge in [-0.25, -0.2) is 17.5 Å². The smallest absolute Gasteiger partial charge is 0.330 e. The zero-order valence-electron chi connectivity index (χ0n) is 9.17. The van der Waals surface area contributed by atoms with Gasteiger partial charge < -0.3 is 5.32 Å². The van der Waals surface area contributed by atoms with Gasteiger partial charge in [0.1, 0.15) is 0 Å². The molecular weight excluding hydrogens is 228 g/mol. The fourth-order valence-electron chi connectivity index (χ4n) is 1.17. The number of benzene rings is 1. The Bertz CT molecular complexity index is 456. The van der Waals surface area contributed by atoms with Crippen LogP contribution in [0.5, 0.6) is 0 Å². The molecule has 1 N–H and O–H groups in total. The number of amides is 2. The van der Waals surface area contributed by atoms with Gasteiger partial charge in [-0.15, -0.1) is 0 Å². The SMILES string of the molecule is CNC(=O)N(C)S(=O)(=O)Cc1ccccc1. The van der Waals surface area contributed by atoms with E-state index in [1.807, 2.05) is 0 Å². The van der Waals surface area contributed by atoms with E-state index in [0.717, 1.165) is 0 Å². The number of hydrogen-bond donors (Lipinski definition) is 1. The van der Waals surface area contributed by atoms with E-state index in [0.29, 0.717) is 9.87 Å². The molecule has 0 aliphatic heterocycles. The molecule has 0 aromatic heterocycles. The predicted molar refractivity (Wildman–Crippen MR) is 61.3 cm³/mol. The van der Waals surface area contributed by atoms with E-state index in [1.54, 1.807) is 30.3 Å². The molecule has 5 nitrogen and oxygen atoms in total. The Morgan fingerprint density at radius 2 is 1.88 bits per heavy atom. The molecule has 0 saturated heterocycles. The highest BCUT2D eigenvalue weighted by Crippen LogP contribution is 2.08. The summed E-state index contributed by atoms with van der Waals surface area (Å²) in [4.78, 5) is 11.2. The van der Waals surface area contributed by atoms with Crippen molar-refractivity contribution in [2.75, 3.05) is 14.1 Å². The van der Waals surface area contributed by atoms with Gasteiger partial charge in [-0.2, -0.15) is 0 Å². The van der Waals surface area contributed by atoms with Crippen molar-refractivity contribution >= 4 is 16.1 Å². The van der Waals surface area contributed by atoms with E-state index < -0.39 is 16.1 Å². The lowest BCUT2D eigenvalue weighted by molar-refractivity contribution is 0.230. The zero-order valence-corrected chi connectivity index (χ0v) is 9.99. The summed E-state index contributed by atoms with van der Waals surface area (Å²) in [5, 5.41) is 2.26. The van der Waals surface area contributed by atoms with E-state index in [9.17, 15) is 13.2 Å². The summed E-state index contributed by atoms with van der Waals surface area (Å²) in [6, 6.07) is 8.08. The lowest BCUT2D eigenvalue weighted by Crippen LogP contribution is -2.39. The van der Waals surface area contributed by atoms with Crippen LogP contribution in [0, 0.1) is 0 Å². The second kappa shape index (κ2) is 4.98. The summed E-state index contributed by atoms with van der Waals surface area (Å²) in [6.07, 6.45) is 0. The predicted octanol–water partition coefficient (Wildman–Crippen LogP) is 0.788. The van der Waals surface area contributed by atoms with Gasteiger partial charge in [0, 0.05) is 14.1 Å². The van der Waals surface area contributed by atoms with Crippen LogP contribution in [0.1, 0.15) is 5.56 Å². The molecule has 6 heteroatoms. The van der Waals surface area contributed by atoms with Crippen LogP contribution < -0.4 is 5.32 Å². The average Bonchev–Trinajstić information content (AvgIpc) is 2.27. The van der Waals surface area contributed by atoms with E-state index in [1.165, 1.54) is 14.1 Å². The number of carbonyl (C=O) groups excluding carboxylic acids is 1. The first-order chi connectivity index (χ1) is 7.47. The molecule has 0 radical (unpaired) electrons. The Morgan fingerprint density at radius 1 is 1.31 bits per heavy atom. The van der Waals surface area contributed by atoms with Crippen LogP contribution in [0.2, 0.25) is 0 Å². The summed E-state index contributed by atoms with van der Waals surface area (Å²) in [5.74, 6) is -0.183. The highest BCUT2D eigenvalue weighted by atomic mass is 32.2. The van der Waals surface area contributed by atoms with Crippen LogP contribution >= 0.6 is 0 Å². The molecule has 0 aliphatic carbocycles. The number of hydrogen-bond acceptors (Lipinski definition) is 3. The molecule has 2 amide bonds. The molecule has 0 aliphatic rings. The molecule has 0 bridgehead atoms. The Morgan fingerprint density at radius 3 is 2.38 bits per heavy atom. The van der Waals surface area contributed by atoms with Gasteiger partial charge in [0.25, 0.3) is 0 Å². The third kappa shape index (κ3) is 2.96. The van der Waals surface area contributed by atoms with Crippen LogP contribution in [0.4, 0.5) is 4.79 Å². The van der Waals surface area contributed by atoms with E-state index in [-0.39, 0.29) is 5.75 Å². The minimum atomic E-state index is -3.60. The highest BCUT2D eigenvalue weighted by Gasteiger charge is 2.22. The monoisotopic (exact) mass is 242 g/mol. The molecule has 0 saturated carbocycles. The van der Waals surface area contributed by atoms with Gasteiger partial charge >= 0.3 is 6.03 Å². The molecule has 0 heterocycles. The molecule has 0 fully saturated rings. The summed E-state index contributed by atoms with van der Waals surface area (Å²) in [6.45, 7) is 0. The third-order valence-corrected chi connectivity index (χ3v) is 3.81. The fraction of sp³-hybridized carbons (Fsp3) is 0.300. The van der Waals surface area contributed by atoms with E-state index in [2.05, 4.69) is 5.32 Å². The van der Waals surface area contributed by atoms with Crippen molar-refractivity contribution in [2.45, 2.75) is 5.75 Å². The van der Waals surface area contributed by atoms with Crippen LogP contribution in [0.25, 0.3) is 0 Å². The van der Waals surface area contributed by atoms with Crippen molar-refractivity contribution in [3.63, 3.8) is 0 Å². The van der Waals surface area contributed by atoms with Gasteiger partial charge in [-0.1, -0.05) is 30.3 Å². The lowest BCUT2D eigenvalue weighted by Gasteiger charge is -2.16. The number of nitrogens with one attached hydrogen (secondary N) is 1. The summed E-state index contributed by atoms with van der Waals surface area (Å²) in [7, 11) is -0.984. The van der Waals surface area contributed by atoms with Crippen LogP contribution in [-0.4, -0.2) is 32.8 Å². The zero-order chi connectivity index (χ0) is 12.2. The Hall–Kier alpha value is -1.56. The second-order valence-corrected chi connectivity index (χ2v) is 5.26. The number of urea groups is 1. The van der Waals surface area contributed by atoms with Crippen molar-refractivity contribution in [3.05, 3.63) is 35.9 Å². The largest absolute Gasteiger partial charge is 0.340 e. The van der Waals surface area contributed by atoms with Gasteiger partial charge in [0.2, 0.25) is 10.0 Å². The molecule has 16 heavy (non-hydrogen) atoms. The first kappa shape index (κ1) is 12.5. The molecule has 1 aromatic carbocycles. The summed E-state index contributed by atoms with van der Waals surface area (Å²) >= 11 is 0. The Labute approximate surface area is 95.1 Å². The first-order valence-corrected chi connectivity index (χ1v) is 6.30. The standard InChI is InChI=1S/C10H14N2O3S/c1-11-10(13)12(2)16(14,15)8-9-6-4-3-5-7-9/h3-7H,8H2,1-2H3,(H,11,13). The maximum absolute atomic E-state index is 11.8. The Kier molecular flexibility index (Phi) is 3.89. The van der Waals surface area contributed by atoms with Crippen LogP contribution in [-0.2, 0) is 15.8 Å². The van der Waals surface area contributed by atoms with E-state index >= 15 is 0 Å². The van der Waals surface area contributed by atoms with Gasteiger partial charge in [-0.3, -0.25) is 0 Å². The number of carbonyl (C=O) groups is 1. The molecular formula is C10H14N2O3S. The quantitative estimate of drug-likeness (QED) is 0.852. The van der Waals surface area contributed by atoms with Crippen LogP contribution in [0.15, 0.2) is 30.3 Å². The topological polar surface area (TPSA) is 66.5 Å².